The maximum absolute atomic E-state index is 13.0. The predicted molar refractivity (Wildman–Crippen MR) is 83.1 cm³/mol. The summed E-state index contributed by atoms with van der Waals surface area (Å²) >= 11 is 6.06. The summed E-state index contributed by atoms with van der Waals surface area (Å²) in [6, 6.07) is 8.97. The van der Waals surface area contributed by atoms with E-state index in [1.165, 1.54) is 22.8 Å². The van der Waals surface area contributed by atoms with Gasteiger partial charge in [-0.3, -0.25) is 9.29 Å². The molecule has 6 heteroatoms. The molecule has 110 valence electrons. The molecule has 1 aliphatic rings. The first-order valence-electron chi connectivity index (χ1n) is 6.73. The Labute approximate surface area is 129 Å². The number of nitrogens with zero attached hydrogens (tertiary/aromatic N) is 2. The lowest BCUT2D eigenvalue weighted by atomic mass is 9.99. The molecule has 0 saturated heterocycles. The molecule has 21 heavy (non-hydrogen) atoms. The summed E-state index contributed by atoms with van der Waals surface area (Å²) in [6.07, 6.45) is 4.45. The van der Waals surface area contributed by atoms with Gasteiger partial charge in [-0.25, -0.2) is 8.42 Å². The summed E-state index contributed by atoms with van der Waals surface area (Å²) in [5, 5.41) is 0.195. The van der Waals surface area contributed by atoms with Gasteiger partial charge in [0.05, 0.1) is 10.7 Å². The highest BCUT2D eigenvalue weighted by molar-refractivity contribution is 7.93. The van der Waals surface area contributed by atoms with Crippen LogP contribution in [0.4, 0.5) is 5.69 Å². The fourth-order valence-electron chi connectivity index (χ4n) is 2.68. The van der Waals surface area contributed by atoms with Crippen LogP contribution in [-0.4, -0.2) is 19.4 Å². The number of benzene rings is 1. The van der Waals surface area contributed by atoms with Crippen molar-refractivity contribution in [1.82, 2.24) is 4.98 Å². The van der Waals surface area contributed by atoms with Gasteiger partial charge in [-0.15, -0.1) is 0 Å². The second-order valence-corrected chi connectivity index (χ2v) is 7.31. The van der Waals surface area contributed by atoms with E-state index < -0.39 is 10.0 Å². The molecule has 0 aliphatic carbocycles. The van der Waals surface area contributed by atoms with E-state index in [4.69, 9.17) is 11.6 Å². The predicted octanol–water partition coefficient (Wildman–Crippen LogP) is 3.27. The van der Waals surface area contributed by atoms with Crippen LogP contribution in [0.5, 0.6) is 0 Å². The normalized spacial score (nSPS) is 18.4. The van der Waals surface area contributed by atoms with Gasteiger partial charge in [0.1, 0.15) is 4.90 Å². The zero-order valence-electron chi connectivity index (χ0n) is 11.5. The molecule has 0 N–H and O–H groups in total. The van der Waals surface area contributed by atoms with Crippen molar-refractivity contribution >= 4 is 27.3 Å². The highest BCUT2D eigenvalue weighted by Gasteiger charge is 2.34. The third-order valence-electron chi connectivity index (χ3n) is 3.73. The number of hydrogen-bond acceptors (Lipinski definition) is 3. The molecule has 1 atom stereocenters. The van der Waals surface area contributed by atoms with Gasteiger partial charge < -0.3 is 0 Å². The zero-order chi connectivity index (χ0) is 15.0. The molecule has 0 fully saturated rings. The quantitative estimate of drug-likeness (QED) is 0.852. The summed E-state index contributed by atoms with van der Waals surface area (Å²) in [5.74, 6) is 0. The van der Waals surface area contributed by atoms with E-state index in [9.17, 15) is 8.42 Å². The molecule has 0 bridgehead atoms. The lowest BCUT2D eigenvalue weighted by molar-refractivity contribution is 0.563. The van der Waals surface area contributed by atoms with Gasteiger partial charge in [-0.2, -0.15) is 0 Å². The van der Waals surface area contributed by atoms with Crippen LogP contribution in [0.15, 0.2) is 47.6 Å². The van der Waals surface area contributed by atoms with Gasteiger partial charge in [0.15, 0.2) is 0 Å². The number of pyridine rings is 1. The van der Waals surface area contributed by atoms with Crippen LogP contribution < -0.4 is 4.31 Å². The number of rotatable bonds is 2. The van der Waals surface area contributed by atoms with Gasteiger partial charge in [0.25, 0.3) is 10.0 Å². The molecule has 1 aromatic heterocycles. The fourth-order valence-corrected chi connectivity index (χ4v) is 4.82. The van der Waals surface area contributed by atoms with E-state index in [1.807, 2.05) is 31.2 Å². The molecule has 1 aliphatic heterocycles. The molecule has 3 rings (SSSR count). The summed E-state index contributed by atoms with van der Waals surface area (Å²) in [4.78, 5) is 3.95. The monoisotopic (exact) mass is 322 g/mol. The minimum atomic E-state index is -3.72. The van der Waals surface area contributed by atoms with E-state index in [-0.39, 0.29) is 16.0 Å². The molecular formula is C15H15ClN2O2S. The molecule has 2 heterocycles. The zero-order valence-corrected chi connectivity index (χ0v) is 13.1. The first kappa shape index (κ1) is 14.4. The second kappa shape index (κ2) is 5.31. The first-order valence-corrected chi connectivity index (χ1v) is 8.55. The number of anilines is 1. The Balaban J connectivity index is 2.17. The highest BCUT2D eigenvalue weighted by atomic mass is 35.5. The Morgan fingerprint density at radius 3 is 2.81 bits per heavy atom. The van der Waals surface area contributed by atoms with Gasteiger partial charge >= 0.3 is 0 Å². The minimum Gasteiger partial charge on any atom is -0.263 e. The molecule has 0 amide bonds. The lowest BCUT2D eigenvalue weighted by Gasteiger charge is -2.36. The minimum absolute atomic E-state index is 0.0511. The summed E-state index contributed by atoms with van der Waals surface area (Å²) < 4.78 is 27.4. The number of hydrogen-bond donors (Lipinski definition) is 0. The molecule has 0 spiro atoms. The molecule has 4 nitrogen and oxygen atoms in total. The van der Waals surface area contributed by atoms with Crippen molar-refractivity contribution < 1.29 is 8.42 Å². The number of fused-ring (bicyclic) bond motifs is 1. The van der Waals surface area contributed by atoms with Crippen molar-refractivity contribution in [2.45, 2.75) is 30.7 Å². The lowest BCUT2D eigenvalue weighted by Crippen LogP contribution is -2.42. The number of sulfonamides is 1. The van der Waals surface area contributed by atoms with Crippen molar-refractivity contribution in [3.63, 3.8) is 0 Å². The second-order valence-electron chi connectivity index (χ2n) is 5.12. The molecule has 1 aromatic carbocycles. The third-order valence-corrected chi connectivity index (χ3v) is 6.13. The summed E-state index contributed by atoms with van der Waals surface area (Å²) in [6.45, 7) is 1.91. The summed E-state index contributed by atoms with van der Waals surface area (Å²) in [5.41, 5.74) is 1.77. The van der Waals surface area contributed by atoms with Crippen LogP contribution in [0.3, 0.4) is 0 Å². The van der Waals surface area contributed by atoms with Crippen molar-refractivity contribution in [2.75, 3.05) is 4.31 Å². The third kappa shape index (κ3) is 2.40. The smallest absolute Gasteiger partial charge is 0.263 e. The van der Waals surface area contributed by atoms with E-state index in [1.54, 1.807) is 0 Å². The topological polar surface area (TPSA) is 50.3 Å². The van der Waals surface area contributed by atoms with Gasteiger partial charge in [0.2, 0.25) is 0 Å². The highest BCUT2D eigenvalue weighted by Crippen LogP contribution is 2.36. The Bertz CT molecular complexity index is 777. The Kier molecular flexibility index (Phi) is 3.63. The Morgan fingerprint density at radius 1 is 1.29 bits per heavy atom. The number of aryl methyl sites for hydroxylation is 1. The number of para-hydroxylation sites is 1. The first-order chi connectivity index (χ1) is 10.0. The Hall–Kier alpha value is -1.59. The largest absolute Gasteiger partial charge is 0.267 e. The molecule has 1 unspecified atom stereocenters. The molecule has 0 radical (unpaired) electrons. The van der Waals surface area contributed by atoms with Crippen LogP contribution in [0.1, 0.15) is 18.9 Å². The van der Waals surface area contributed by atoms with Gasteiger partial charge in [-0.1, -0.05) is 29.8 Å². The van der Waals surface area contributed by atoms with E-state index >= 15 is 0 Å². The maximum Gasteiger partial charge on any atom is 0.267 e. The fraction of sp³-hybridized carbons (Fsp3) is 0.267. The summed E-state index contributed by atoms with van der Waals surface area (Å²) in [7, 11) is -3.72. The average Bonchev–Trinajstić information content (AvgIpc) is 2.47. The molecule has 2 aromatic rings. The van der Waals surface area contributed by atoms with Crippen molar-refractivity contribution in [1.29, 1.82) is 0 Å². The van der Waals surface area contributed by atoms with E-state index in [0.717, 1.165) is 24.1 Å². The van der Waals surface area contributed by atoms with E-state index in [0.29, 0.717) is 0 Å². The SMILES string of the molecule is CC1CCc2ccccc2N1S(=O)(=O)c1cnccc1Cl. The van der Waals surface area contributed by atoms with Crippen molar-refractivity contribution in [3.8, 4) is 0 Å². The van der Waals surface area contributed by atoms with Crippen LogP contribution >= 0.6 is 11.6 Å². The standard InChI is InChI=1S/C15H15ClN2O2S/c1-11-6-7-12-4-2-3-5-14(12)18(11)21(19,20)15-10-17-9-8-13(15)16/h2-5,8-11H,6-7H2,1H3. The average molecular weight is 323 g/mol. The van der Waals surface area contributed by atoms with Crippen molar-refractivity contribution in [3.05, 3.63) is 53.3 Å². The van der Waals surface area contributed by atoms with Crippen LogP contribution in [0.25, 0.3) is 0 Å². The van der Waals surface area contributed by atoms with Crippen LogP contribution in [0, 0.1) is 0 Å². The van der Waals surface area contributed by atoms with Crippen LogP contribution in [-0.2, 0) is 16.4 Å². The Morgan fingerprint density at radius 2 is 2.05 bits per heavy atom. The molecule has 0 saturated carbocycles. The van der Waals surface area contributed by atoms with Gasteiger partial charge in [-0.05, 0) is 37.5 Å². The van der Waals surface area contributed by atoms with Crippen molar-refractivity contribution in [2.24, 2.45) is 0 Å². The molecular weight excluding hydrogens is 308 g/mol. The maximum atomic E-state index is 13.0. The van der Waals surface area contributed by atoms with Gasteiger partial charge in [0, 0.05) is 18.4 Å². The number of aromatic nitrogens is 1. The van der Waals surface area contributed by atoms with Crippen LogP contribution in [0.2, 0.25) is 5.02 Å². The van der Waals surface area contributed by atoms with E-state index in [2.05, 4.69) is 4.98 Å². The number of halogens is 1.